The Balaban J connectivity index is 2.46. The molecule has 0 bridgehead atoms. The highest BCUT2D eigenvalue weighted by molar-refractivity contribution is 7.18. The van der Waals surface area contributed by atoms with Crippen LogP contribution in [0.3, 0.4) is 0 Å². The van der Waals surface area contributed by atoms with E-state index in [4.69, 9.17) is 4.98 Å². The first-order chi connectivity index (χ1) is 7.53. The van der Waals surface area contributed by atoms with Crippen LogP contribution in [0.25, 0.3) is 10.2 Å². The Hall–Kier alpha value is -0.930. The Labute approximate surface area is 101 Å². The number of nitrogens with zero attached hydrogens (tertiary/aromatic N) is 1. The molecule has 2 nitrogen and oxygen atoms in total. The fraction of sp³-hybridized carbons (Fsp3) is 0.462. The van der Waals surface area contributed by atoms with Gasteiger partial charge in [0.1, 0.15) is 5.01 Å². The molecule has 1 N–H and O–H groups in total. The summed E-state index contributed by atoms with van der Waals surface area (Å²) in [6.45, 7) is 9.55. The normalized spacial score (nSPS) is 12.2. The second kappa shape index (κ2) is 4.15. The first-order valence-corrected chi connectivity index (χ1v) is 6.47. The van der Waals surface area contributed by atoms with Gasteiger partial charge in [0, 0.05) is 0 Å². The summed E-state index contributed by atoms with van der Waals surface area (Å²) in [5, 5.41) is 4.62. The minimum absolute atomic E-state index is 0.0354. The molecule has 0 saturated carbocycles. The molecule has 1 aromatic carbocycles. The van der Waals surface area contributed by atoms with Gasteiger partial charge in [-0.05, 0) is 45.0 Å². The van der Waals surface area contributed by atoms with Crippen LogP contribution in [-0.4, -0.2) is 11.5 Å². The molecule has 0 saturated heterocycles. The van der Waals surface area contributed by atoms with Crippen molar-refractivity contribution in [1.29, 1.82) is 0 Å². The predicted molar refractivity (Wildman–Crippen MR) is 71.1 cm³/mol. The van der Waals surface area contributed by atoms with E-state index in [1.165, 1.54) is 10.3 Å². The van der Waals surface area contributed by atoms with E-state index in [9.17, 15) is 0 Å². The van der Waals surface area contributed by atoms with E-state index in [0.717, 1.165) is 17.1 Å². The number of hydrogen-bond acceptors (Lipinski definition) is 3. The van der Waals surface area contributed by atoms with Crippen LogP contribution in [0.1, 0.15) is 31.3 Å². The molecule has 86 valence electrons. The van der Waals surface area contributed by atoms with Crippen LogP contribution in [0.4, 0.5) is 0 Å². The van der Waals surface area contributed by atoms with E-state index < -0.39 is 0 Å². The molecule has 1 aromatic heterocycles. The summed E-state index contributed by atoms with van der Waals surface area (Å²) < 4.78 is 1.27. The maximum absolute atomic E-state index is 4.72. The first-order valence-electron chi connectivity index (χ1n) is 5.65. The number of aromatic nitrogens is 1. The molecule has 0 unspecified atom stereocenters. The standard InChI is InChI=1S/C13H18N2S/c1-5-14-13(3,4)12-15-10-8-9(2)6-7-11(10)16-12/h6-8,14H,5H2,1-4H3. The number of nitrogens with one attached hydrogen (secondary N) is 1. The molecule has 0 spiro atoms. The summed E-state index contributed by atoms with van der Waals surface area (Å²) in [5.41, 5.74) is 2.35. The van der Waals surface area contributed by atoms with Crippen LogP contribution in [0.5, 0.6) is 0 Å². The quantitative estimate of drug-likeness (QED) is 0.880. The number of rotatable bonds is 3. The smallest absolute Gasteiger partial charge is 0.113 e. The third-order valence-electron chi connectivity index (χ3n) is 2.70. The lowest BCUT2D eigenvalue weighted by molar-refractivity contribution is 0.414. The van der Waals surface area contributed by atoms with Crippen LogP contribution < -0.4 is 5.32 Å². The van der Waals surface area contributed by atoms with Gasteiger partial charge in [0.25, 0.3) is 0 Å². The number of aryl methyl sites for hydroxylation is 1. The van der Waals surface area contributed by atoms with Gasteiger partial charge in [-0.3, -0.25) is 0 Å². The summed E-state index contributed by atoms with van der Waals surface area (Å²) in [6, 6.07) is 6.45. The van der Waals surface area contributed by atoms with Crippen LogP contribution in [-0.2, 0) is 5.54 Å². The van der Waals surface area contributed by atoms with E-state index in [0.29, 0.717) is 0 Å². The van der Waals surface area contributed by atoms with Crippen molar-refractivity contribution in [2.24, 2.45) is 0 Å². The molecular weight excluding hydrogens is 216 g/mol. The number of thiazole rings is 1. The highest BCUT2D eigenvalue weighted by Crippen LogP contribution is 2.30. The lowest BCUT2D eigenvalue weighted by Crippen LogP contribution is -2.36. The molecule has 0 aliphatic rings. The van der Waals surface area contributed by atoms with Crippen molar-refractivity contribution >= 4 is 21.6 Å². The third kappa shape index (κ3) is 2.11. The van der Waals surface area contributed by atoms with Gasteiger partial charge < -0.3 is 5.32 Å². The highest BCUT2D eigenvalue weighted by Gasteiger charge is 2.23. The Kier molecular flexibility index (Phi) is 3.00. The molecule has 0 aliphatic carbocycles. The molecule has 3 heteroatoms. The fourth-order valence-electron chi connectivity index (χ4n) is 1.82. The summed E-state index contributed by atoms with van der Waals surface area (Å²) >= 11 is 1.78. The molecule has 2 aromatic rings. The largest absolute Gasteiger partial charge is 0.306 e. The summed E-state index contributed by atoms with van der Waals surface area (Å²) in [6.07, 6.45) is 0. The summed E-state index contributed by atoms with van der Waals surface area (Å²) in [7, 11) is 0. The molecule has 0 fully saturated rings. The van der Waals surface area contributed by atoms with Gasteiger partial charge in [-0.2, -0.15) is 0 Å². The van der Waals surface area contributed by atoms with Gasteiger partial charge in [0.2, 0.25) is 0 Å². The van der Waals surface area contributed by atoms with Gasteiger partial charge in [0.15, 0.2) is 0 Å². The zero-order valence-electron chi connectivity index (χ0n) is 10.3. The van der Waals surface area contributed by atoms with Crippen LogP contribution in [0.15, 0.2) is 18.2 Å². The molecule has 0 amide bonds. The SMILES string of the molecule is CCNC(C)(C)c1nc2cc(C)ccc2s1. The monoisotopic (exact) mass is 234 g/mol. The lowest BCUT2D eigenvalue weighted by Gasteiger charge is -2.22. The van der Waals surface area contributed by atoms with Crippen LogP contribution in [0, 0.1) is 6.92 Å². The zero-order valence-corrected chi connectivity index (χ0v) is 11.1. The van der Waals surface area contributed by atoms with E-state index in [1.807, 2.05) is 0 Å². The van der Waals surface area contributed by atoms with Crippen LogP contribution >= 0.6 is 11.3 Å². The maximum atomic E-state index is 4.72. The lowest BCUT2D eigenvalue weighted by atomic mass is 10.1. The second-order valence-electron chi connectivity index (χ2n) is 4.65. The van der Waals surface area contributed by atoms with E-state index >= 15 is 0 Å². The minimum Gasteiger partial charge on any atom is -0.306 e. The second-order valence-corrected chi connectivity index (χ2v) is 5.68. The molecule has 0 radical (unpaired) electrons. The maximum Gasteiger partial charge on any atom is 0.113 e. The third-order valence-corrected chi connectivity index (χ3v) is 4.06. The van der Waals surface area contributed by atoms with Crippen molar-refractivity contribution in [3.8, 4) is 0 Å². The molecule has 0 atom stereocenters. The van der Waals surface area contributed by atoms with Crippen molar-refractivity contribution in [2.45, 2.75) is 33.2 Å². The van der Waals surface area contributed by atoms with Gasteiger partial charge in [-0.1, -0.05) is 13.0 Å². The van der Waals surface area contributed by atoms with Crippen molar-refractivity contribution < 1.29 is 0 Å². The molecule has 2 rings (SSSR count). The minimum atomic E-state index is -0.0354. The van der Waals surface area contributed by atoms with E-state index in [1.54, 1.807) is 11.3 Å². The Morgan fingerprint density at radius 2 is 2.12 bits per heavy atom. The number of hydrogen-bond donors (Lipinski definition) is 1. The van der Waals surface area contributed by atoms with E-state index in [2.05, 4.69) is 51.2 Å². The highest BCUT2D eigenvalue weighted by atomic mass is 32.1. The van der Waals surface area contributed by atoms with Crippen molar-refractivity contribution in [1.82, 2.24) is 10.3 Å². The summed E-state index contributed by atoms with van der Waals surface area (Å²) in [4.78, 5) is 4.72. The summed E-state index contributed by atoms with van der Waals surface area (Å²) in [5.74, 6) is 0. The van der Waals surface area contributed by atoms with Gasteiger partial charge in [0.05, 0.1) is 15.8 Å². The average Bonchev–Trinajstić information content (AvgIpc) is 2.61. The van der Waals surface area contributed by atoms with Gasteiger partial charge >= 0.3 is 0 Å². The van der Waals surface area contributed by atoms with E-state index in [-0.39, 0.29) is 5.54 Å². The fourth-order valence-corrected chi connectivity index (χ4v) is 2.85. The average molecular weight is 234 g/mol. The van der Waals surface area contributed by atoms with Gasteiger partial charge in [-0.15, -0.1) is 11.3 Å². The Morgan fingerprint density at radius 3 is 2.81 bits per heavy atom. The zero-order chi connectivity index (χ0) is 11.8. The van der Waals surface area contributed by atoms with Crippen molar-refractivity contribution in [3.63, 3.8) is 0 Å². The molecule has 1 heterocycles. The first kappa shape index (κ1) is 11.6. The van der Waals surface area contributed by atoms with Crippen LogP contribution in [0.2, 0.25) is 0 Å². The van der Waals surface area contributed by atoms with Crippen molar-refractivity contribution in [2.75, 3.05) is 6.54 Å². The predicted octanol–water partition coefficient (Wildman–Crippen LogP) is 3.45. The topological polar surface area (TPSA) is 24.9 Å². The Bertz CT molecular complexity index is 500. The van der Waals surface area contributed by atoms with Gasteiger partial charge in [-0.25, -0.2) is 4.98 Å². The number of fused-ring (bicyclic) bond motifs is 1. The molecule has 0 aliphatic heterocycles. The Morgan fingerprint density at radius 1 is 1.38 bits per heavy atom. The number of benzene rings is 1. The molecule has 16 heavy (non-hydrogen) atoms. The molecular formula is C13H18N2S. The van der Waals surface area contributed by atoms with Crippen molar-refractivity contribution in [3.05, 3.63) is 28.8 Å².